The van der Waals surface area contributed by atoms with Crippen molar-refractivity contribution < 1.29 is 9.21 Å². The van der Waals surface area contributed by atoms with Gasteiger partial charge in [-0.25, -0.2) is 0 Å². The number of rotatable bonds is 5. The van der Waals surface area contributed by atoms with Crippen LogP contribution in [0.25, 0.3) is 0 Å². The fourth-order valence-electron chi connectivity index (χ4n) is 1.41. The van der Waals surface area contributed by atoms with Gasteiger partial charge in [-0.2, -0.15) is 12.6 Å². The zero-order valence-corrected chi connectivity index (χ0v) is 10.9. The Labute approximate surface area is 102 Å². The van der Waals surface area contributed by atoms with Crippen LogP contribution in [0.1, 0.15) is 26.5 Å². The van der Waals surface area contributed by atoms with Crippen molar-refractivity contribution in [1.29, 1.82) is 0 Å². The van der Waals surface area contributed by atoms with Gasteiger partial charge in [-0.3, -0.25) is 4.79 Å². The highest BCUT2D eigenvalue weighted by Gasteiger charge is 2.23. The van der Waals surface area contributed by atoms with Crippen LogP contribution in [0.3, 0.4) is 0 Å². The molecule has 1 atom stereocenters. The maximum Gasteiger partial charge on any atom is 0.236 e. The van der Waals surface area contributed by atoms with Gasteiger partial charge in [0.2, 0.25) is 5.91 Å². The average molecular weight is 241 g/mol. The summed E-state index contributed by atoms with van der Waals surface area (Å²) in [5.74, 6) is 1.11. The maximum atomic E-state index is 12.0. The molecule has 4 heteroatoms. The SMILES string of the molecule is CCN(Cc1ccco1)C(=O)C(S)C(C)C. The van der Waals surface area contributed by atoms with Gasteiger partial charge in [-0.1, -0.05) is 13.8 Å². The summed E-state index contributed by atoms with van der Waals surface area (Å²) in [6.45, 7) is 7.14. The molecule has 0 aliphatic carbocycles. The van der Waals surface area contributed by atoms with Gasteiger partial charge >= 0.3 is 0 Å². The van der Waals surface area contributed by atoms with Crippen LogP contribution >= 0.6 is 12.6 Å². The molecule has 16 heavy (non-hydrogen) atoms. The van der Waals surface area contributed by atoms with Crippen molar-refractivity contribution in [3.05, 3.63) is 24.2 Å². The van der Waals surface area contributed by atoms with Gasteiger partial charge in [0.25, 0.3) is 0 Å². The van der Waals surface area contributed by atoms with Gasteiger partial charge in [0.05, 0.1) is 18.1 Å². The second kappa shape index (κ2) is 5.99. The molecule has 0 saturated carbocycles. The number of carbonyl (C=O) groups is 1. The molecule has 1 aromatic heterocycles. The molecule has 1 aromatic rings. The van der Waals surface area contributed by atoms with Crippen LogP contribution in [-0.2, 0) is 11.3 Å². The van der Waals surface area contributed by atoms with E-state index in [1.807, 2.05) is 32.9 Å². The molecule has 1 unspecified atom stereocenters. The van der Waals surface area contributed by atoms with E-state index in [0.29, 0.717) is 13.1 Å². The first-order valence-electron chi connectivity index (χ1n) is 5.55. The molecular formula is C12H19NO2S. The van der Waals surface area contributed by atoms with Crippen LogP contribution in [0.15, 0.2) is 22.8 Å². The number of hydrogen-bond donors (Lipinski definition) is 1. The Morgan fingerprint density at radius 1 is 1.56 bits per heavy atom. The smallest absolute Gasteiger partial charge is 0.236 e. The van der Waals surface area contributed by atoms with E-state index in [-0.39, 0.29) is 17.1 Å². The molecule has 0 spiro atoms. The highest BCUT2D eigenvalue weighted by atomic mass is 32.1. The molecule has 0 fully saturated rings. The van der Waals surface area contributed by atoms with Crippen LogP contribution in [0.2, 0.25) is 0 Å². The lowest BCUT2D eigenvalue weighted by Gasteiger charge is -2.24. The maximum absolute atomic E-state index is 12.0. The third kappa shape index (κ3) is 3.30. The molecule has 90 valence electrons. The first kappa shape index (κ1) is 13.2. The third-order valence-corrected chi connectivity index (χ3v) is 3.32. The minimum atomic E-state index is -0.241. The molecule has 0 aliphatic heterocycles. The predicted molar refractivity (Wildman–Crippen MR) is 67.4 cm³/mol. The molecule has 1 heterocycles. The summed E-state index contributed by atoms with van der Waals surface area (Å²) in [6.07, 6.45) is 1.62. The first-order chi connectivity index (χ1) is 7.56. The molecule has 0 aliphatic rings. The molecule has 0 aromatic carbocycles. The largest absolute Gasteiger partial charge is 0.467 e. The van der Waals surface area contributed by atoms with Crippen molar-refractivity contribution in [3.63, 3.8) is 0 Å². The Hall–Kier alpha value is -0.900. The number of thiol groups is 1. The van der Waals surface area contributed by atoms with Crippen LogP contribution in [0, 0.1) is 5.92 Å². The molecule has 3 nitrogen and oxygen atoms in total. The number of carbonyl (C=O) groups excluding carboxylic acids is 1. The van der Waals surface area contributed by atoms with E-state index in [1.54, 1.807) is 11.2 Å². The van der Waals surface area contributed by atoms with Gasteiger partial charge in [-0.15, -0.1) is 0 Å². The molecular weight excluding hydrogens is 222 g/mol. The van der Waals surface area contributed by atoms with Crippen molar-refractivity contribution in [2.24, 2.45) is 5.92 Å². The van der Waals surface area contributed by atoms with Gasteiger partial charge in [0.15, 0.2) is 0 Å². The molecule has 0 N–H and O–H groups in total. The average Bonchev–Trinajstić information content (AvgIpc) is 2.76. The Morgan fingerprint density at radius 3 is 2.69 bits per heavy atom. The lowest BCUT2D eigenvalue weighted by molar-refractivity contribution is -0.131. The lowest BCUT2D eigenvalue weighted by atomic mass is 10.1. The summed E-state index contributed by atoms with van der Waals surface area (Å²) in [6, 6.07) is 3.70. The number of amides is 1. The predicted octanol–water partition coefficient (Wildman–Crippen LogP) is 2.58. The van der Waals surface area contributed by atoms with Crippen molar-refractivity contribution in [2.75, 3.05) is 6.54 Å². The van der Waals surface area contributed by atoms with Gasteiger partial charge < -0.3 is 9.32 Å². The Balaban J connectivity index is 2.64. The van der Waals surface area contributed by atoms with Crippen molar-refractivity contribution >= 4 is 18.5 Å². The number of nitrogens with zero attached hydrogens (tertiary/aromatic N) is 1. The summed E-state index contributed by atoms with van der Waals surface area (Å²) < 4.78 is 5.24. The molecule has 0 bridgehead atoms. The monoisotopic (exact) mass is 241 g/mol. The van der Waals surface area contributed by atoms with Crippen LogP contribution in [0.5, 0.6) is 0 Å². The van der Waals surface area contributed by atoms with Crippen molar-refractivity contribution in [3.8, 4) is 0 Å². The van der Waals surface area contributed by atoms with E-state index in [2.05, 4.69) is 12.6 Å². The van der Waals surface area contributed by atoms with E-state index in [1.165, 1.54) is 0 Å². The van der Waals surface area contributed by atoms with Crippen LogP contribution < -0.4 is 0 Å². The summed E-state index contributed by atoms with van der Waals surface area (Å²) in [5, 5.41) is -0.241. The molecule has 0 radical (unpaired) electrons. The van der Waals surface area contributed by atoms with E-state index in [4.69, 9.17) is 4.42 Å². The quantitative estimate of drug-likeness (QED) is 0.804. The Kier molecular flexibility index (Phi) is 4.93. The lowest BCUT2D eigenvalue weighted by Crippen LogP contribution is -2.38. The fourth-order valence-corrected chi connectivity index (χ4v) is 1.57. The second-order valence-corrected chi connectivity index (χ2v) is 4.68. The van der Waals surface area contributed by atoms with E-state index in [0.717, 1.165) is 5.76 Å². The highest BCUT2D eigenvalue weighted by molar-refractivity contribution is 7.81. The molecule has 0 saturated heterocycles. The van der Waals surface area contributed by atoms with Crippen LogP contribution in [0.4, 0.5) is 0 Å². The normalized spacial score (nSPS) is 12.8. The van der Waals surface area contributed by atoms with Gasteiger partial charge in [0.1, 0.15) is 5.76 Å². The fraction of sp³-hybridized carbons (Fsp3) is 0.583. The second-order valence-electron chi connectivity index (χ2n) is 4.12. The zero-order valence-electron chi connectivity index (χ0n) is 10.0. The highest BCUT2D eigenvalue weighted by Crippen LogP contribution is 2.14. The minimum absolute atomic E-state index is 0.0669. The summed E-state index contributed by atoms with van der Waals surface area (Å²) in [7, 11) is 0. The molecule has 1 rings (SSSR count). The van der Waals surface area contributed by atoms with Crippen molar-refractivity contribution in [1.82, 2.24) is 4.90 Å². The number of hydrogen-bond acceptors (Lipinski definition) is 3. The van der Waals surface area contributed by atoms with E-state index in [9.17, 15) is 4.79 Å². The van der Waals surface area contributed by atoms with Crippen molar-refractivity contribution in [2.45, 2.75) is 32.6 Å². The third-order valence-electron chi connectivity index (χ3n) is 2.50. The summed E-state index contributed by atoms with van der Waals surface area (Å²) in [5.41, 5.74) is 0. The van der Waals surface area contributed by atoms with Gasteiger partial charge in [0, 0.05) is 6.54 Å². The summed E-state index contributed by atoms with van der Waals surface area (Å²) >= 11 is 4.34. The Bertz CT molecular complexity index is 322. The first-order valence-corrected chi connectivity index (χ1v) is 6.07. The van der Waals surface area contributed by atoms with E-state index < -0.39 is 0 Å². The standard InChI is InChI=1S/C12H19NO2S/c1-4-13(8-10-6-5-7-15-10)12(14)11(16)9(2)3/h5-7,9,11,16H,4,8H2,1-3H3. The van der Waals surface area contributed by atoms with Crippen LogP contribution in [-0.4, -0.2) is 22.6 Å². The zero-order chi connectivity index (χ0) is 12.1. The summed E-state index contributed by atoms with van der Waals surface area (Å²) in [4.78, 5) is 13.8. The Morgan fingerprint density at radius 2 is 2.25 bits per heavy atom. The molecule has 1 amide bonds. The minimum Gasteiger partial charge on any atom is -0.467 e. The van der Waals surface area contributed by atoms with E-state index >= 15 is 0 Å². The number of furan rings is 1. The van der Waals surface area contributed by atoms with Gasteiger partial charge in [-0.05, 0) is 25.0 Å². The topological polar surface area (TPSA) is 33.5 Å².